The summed E-state index contributed by atoms with van der Waals surface area (Å²) < 4.78 is 0.320. The molecule has 1 saturated heterocycles. The molecule has 1 N–H and O–H groups in total. The molecule has 1 fully saturated rings. The maximum Gasteiger partial charge on any atom is 0.171 e. The normalized spacial score (nSPS) is 25.5. The van der Waals surface area contributed by atoms with Crippen LogP contribution in [0.2, 0.25) is 5.15 Å². The summed E-state index contributed by atoms with van der Waals surface area (Å²) >= 11 is 7.93. The van der Waals surface area contributed by atoms with Gasteiger partial charge in [0.15, 0.2) is 11.0 Å². The van der Waals surface area contributed by atoms with Crippen LogP contribution >= 0.6 is 23.4 Å². The van der Waals surface area contributed by atoms with Crippen LogP contribution in [0.25, 0.3) is 0 Å². The van der Waals surface area contributed by atoms with Gasteiger partial charge in [-0.1, -0.05) is 11.6 Å². The Morgan fingerprint density at radius 2 is 2.33 bits per heavy atom. The molecule has 1 aliphatic heterocycles. The zero-order valence-corrected chi connectivity index (χ0v) is 10.2. The smallest absolute Gasteiger partial charge is 0.171 e. The predicted molar refractivity (Wildman–Crippen MR) is 65.6 cm³/mol. The molecule has 5 heteroatoms. The molecule has 1 aromatic heterocycles. The van der Waals surface area contributed by atoms with Crippen LogP contribution in [0.1, 0.15) is 19.8 Å². The summed E-state index contributed by atoms with van der Waals surface area (Å²) in [6.07, 6.45) is 5.80. The molecule has 0 amide bonds. The first kappa shape index (κ1) is 11.0. The molecule has 0 aliphatic carbocycles. The van der Waals surface area contributed by atoms with E-state index in [9.17, 15) is 0 Å². The third-order valence-electron chi connectivity index (χ3n) is 2.58. The lowest BCUT2D eigenvalue weighted by Crippen LogP contribution is -2.27. The zero-order valence-electron chi connectivity index (χ0n) is 8.66. The van der Waals surface area contributed by atoms with E-state index in [4.69, 9.17) is 11.6 Å². The molecule has 3 nitrogen and oxygen atoms in total. The highest BCUT2D eigenvalue weighted by molar-refractivity contribution is 8.00. The Bertz CT molecular complexity index is 339. The van der Waals surface area contributed by atoms with Crippen molar-refractivity contribution in [1.29, 1.82) is 0 Å². The topological polar surface area (TPSA) is 37.8 Å². The Hall–Kier alpha value is -0.480. The first-order valence-electron chi connectivity index (χ1n) is 5.04. The molecule has 2 rings (SSSR count). The molecule has 0 bridgehead atoms. The number of nitrogens with zero attached hydrogens (tertiary/aromatic N) is 2. The molecular weight excluding hydrogens is 230 g/mol. The lowest BCUT2D eigenvalue weighted by Gasteiger charge is -2.23. The maximum atomic E-state index is 5.91. The highest BCUT2D eigenvalue weighted by atomic mass is 35.5. The number of anilines is 1. The zero-order chi connectivity index (χ0) is 10.7. The van der Waals surface area contributed by atoms with Crippen molar-refractivity contribution in [3.05, 3.63) is 17.5 Å². The van der Waals surface area contributed by atoms with Gasteiger partial charge in [0, 0.05) is 23.7 Å². The third-order valence-corrected chi connectivity index (χ3v) is 4.40. The number of rotatable bonds is 3. The first-order chi connectivity index (χ1) is 7.20. The van der Waals surface area contributed by atoms with Gasteiger partial charge in [-0.25, -0.2) is 9.97 Å². The summed E-state index contributed by atoms with van der Waals surface area (Å²) in [5.74, 6) is 1.94. The van der Waals surface area contributed by atoms with E-state index in [2.05, 4.69) is 22.2 Å². The molecule has 0 aromatic carbocycles. The van der Waals surface area contributed by atoms with Gasteiger partial charge in [-0.3, -0.25) is 0 Å². The fraction of sp³-hybridized carbons (Fsp3) is 0.600. The summed E-state index contributed by atoms with van der Waals surface area (Å²) in [5, 5.41) is 3.72. The molecule has 15 heavy (non-hydrogen) atoms. The van der Waals surface area contributed by atoms with E-state index in [-0.39, 0.29) is 0 Å². The van der Waals surface area contributed by atoms with Crippen molar-refractivity contribution in [2.75, 3.05) is 17.6 Å². The quantitative estimate of drug-likeness (QED) is 0.886. The lowest BCUT2D eigenvalue weighted by atomic mass is 10.1. The first-order valence-corrected chi connectivity index (χ1v) is 6.40. The van der Waals surface area contributed by atoms with E-state index < -0.39 is 0 Å². The molecule has 82 valence electrons. The van der Waals surface area contributed by atoms with Gasteiger partial charge in [-0.05, 0) is 25.5 Å². The molecular formula is C10H14ClN3S. The SMILES string of the molecule is CC1(CNc2nccnc2Cl)CCCS1. The average Bonchev–Trinajstić information content (AvgIpc) is 2.65. The summed E-state index contributed by atoms with van der Waals surface area (Å²) in [7, 11) is 0. The van der Waals surface area contributed by atoms with Crippen LogP contribution in [-0.4, -0.2) is 27.0 Å². The minimum absolute atomic E-state index is 0.320. The molecule has 0 saturated carbocycles. The van der Waals surface area contributed by atoms with Gasteiger partial charge in [-0.2, -0.15) is 11.8 Å². The lowest BCUT2D eigenvalue weighted by molar-refractivity contribution is 0.633. The second-order valence-electron chi connectivity index (χ2n) is 3.95. The summed E-state index contributed by atoms with van der Waals surface area (Å²) in [5.41, 5.74) is 0. The van der Waals surface area contributed by atoms with Crippen molar-refractivity contribution in [3.63, 3.8) is 0 Å². The van der Waals surface area contributed by atoms with Gasteiger partial charge >= 0.3 is 0 Å². The predicted octanol–water partition coefficient (Wildman–Crippen LogP) is 2.83. The van der Waals surface area contributed by atoms with Crippen LogP contribution in [-0.2, 0) is 0 Å². The number of nitrogens with one attached hydrogen (secondary N) is 1. The van der Waals surface area contributed by atoms with E-state index in [1.54, 1.807) is 12.4 Å². The van der Waals surface area contributed by atoms with Gasteiger partial charge in [-0.15, -0.1) is 0 Å². The van der Waals surface area contributed by atoms with Crippen LogP contribution in [0.3, 0.4) is 0 Å². The van der Waals surface area contributed by atoms with Crippen molar-refractivity contribution in [2.24, 2.45) is 0 Å². The Labute approximate surface area is 99.0 Å². The Morgan fingerprint density at radius 1 is 1.53 bits per heavy atom. The molecule has 1 atom stereocenters. The van der Waals surface area contributed by atoms with Gasteiger partial charge in [0.05, 0.1) is 0 Å². The molecule has 1 aromatic rings. The van der Waals surface area contributed by atoms with Crippen molar-refractivity contribution >= 4 is 29.2 Å². The molecule has 0 spiro atoms. The fourth-order valence-corrected chi connectivity index (χ4v) is 3.10. The molecule has 1 unspecified atom stereocenters. The fourth-order valence-electron chi connectivity index (χ4n) is 1.69. The maximum absolute atomic E-state index is 5.91. The second-order valence-corrected chi connectivity index (χ2v) is 5.99. The van der Waals surface area contributed by atoms with Crippen LogP contribution in [0.5, 0.6) is 0 Å². The van der Waals surface area contributed by atoms with Gasteiger partial charge in [0.25, 0.3) is 0 Å². The average molecular weight is 244 g/mol. The van der Waals surface area contributed by atoms with Crippen molar-refractivity contribution in [1.82, 2.24) is 9.97 Å². The third kappa shape index (κ3) is 2.75. The number of thioether (sulfide) groups is 1. The van der Waals surface area contributed by atoms with E-state index in [1.807, 2.05) is 11.8 Å². The van der Waals surface area contributed by atoms with Gasteiger partial charge in [0.1, 0.15) is 0 Å². The van der Waals surface area contributed by atoms with E-state index in [0.717, 1.165) is 6.54 Å². The minimum atomic E-state index is 0.320. The second kappa shape index (κ2) is 4.58. The number of halogens is 1. The number of hydrogen-bond donors (Lipinski definition) is 1. The molecule has 2 heterocycles. The Morgan fingerprint density at radius 3 is 3.00 bits per heavy atom. The van der Waals surface area contributed by atoms with Gasteiger partial charge < -0.3 is 5.32 Å². The standard InChI is InChI=1S/C10H14ClN3S/c1-10(3-2-6-15-10)7-14-9-8(11)12-4-5-13-9/h4-5H,2-3,6-7H2,1H3,(H,13,14). The number of aromatic nitrogens is 2. The Balaban J connectivity index is 1.95. The van der Waals surface area contributed by atoms with Crippen LogP contribution in [0, 0.1) is 0 Å². The van der Waals surface area contributed by atoms with E-state index in [1.165, 1.54) is 18.6 Å². The Kier molecular flexibility index (Phi) is 3.36. The van der Waals surface area contributed by atoms with Crippen LogP contribution in [0.15, 0.2) is 12.4 Å². The van der Waals surface area contributed by atoms with E-state index in [0.29, 0.717) is 15.7 Å². The van der Waals surface area contributed by atoms with Crippen molar-refractivity contribution in [3.8, 4) is 0 Å². The molecule has 0 radical (unpaired) electrons. The summed E-state index contributed by atoms with van der Waals surface area (Å²) in [4.78, 5) is 8.14. The van der Waals surface area contributed by atoms with E-state index >= 15 is 0 Å². The highest BCUT2D eigenvalue weighted by Gasteiger charge is 2.29. The van der Waals surface area contributed by atoms with Gasteiger partial charge in [0.2, 0.25) is 0 Å². The monoisotopic (exact) mass is 243 g/mol. The minimum Gasteiger partial charge on any atom is -0.366 e. The van der Waals surface area contributed by atoms with Crippen molar-refractivity contribution in [2.45, 2.75) is 24.5 Å². The number of hydrogen-bond acceptors (Lipinski definition) is 4. The largest absolute Gasteiger partial charge is 0.366 e. The van der Waals surface area contributed by atoms with Crippen LogP contribution in [0.4, 0.5) is 5.82 Å². The highest BCUT2D eigenvalue weighted by Crippen LogP contribution is 2.37. The van der Waals surface area contributed by atoms with Crippen molar-refractivity contribution < 1.29 is 0 Å². The summed E-state index contributed by atoms with van der Waals surface area (Å²) in [6, 6.07) is 0. The van der Waals surface area contributed by atoms with Crippen LogP contribution < -0.4 is 5.32 Å². The molecule has 1 aliphatic rings. The summed E-state index contributed by atoms with van der Waals surface area (Å²) in [6.45, 7) is 3.18.